The highest BCUT2D eigenvalue weighted by atomic mass is 19.1. The molecule has 156 valence electrons. The van der Waals surface area contributed by atoms with E-state index in [0.29, 0.717) is 12.3 Å². The summed E-state index contributed by atoms with van der Waals surface area (Å²) >= 11 is 0. The van der Waals surface area contributed by atoms with E-state index in [2.05, 4.69) is 15.0 Å². The molecule has 0 bridgehead atoms. The normalized spacial score (nSPS) is 26.3. The molecule has 1 aliphatic rings. The fourth-order valence-electron chi connectivity index (χ4n) is 3.00. The van der Waals surface area contributed by atoms with E-state index in [0.717, 1.165) is 29.1 Å². The Morgan fingerprint density at radius 3 is 2.77 bits per heavy atom. The highest BCUT2D eigenvalue weighted by Gasteiger charge is 2.38. The van der Waals surface area contributed by atoms with Crippen molar-refractivity contribution >= 4 is 17.4 Å². The minimum absolute atomic E-state index is 0.0902. The standard InChI is InChI=1S/C21H22F2N6O/c1-5-16-20(30)27(4)17-11-25-21(26-19(17)29(16)12(2)3)28-7-6-24-18(28)13-8-14(22)10-15(23)9-13/h6-12,16H,5H2,1-4H3/t16-/m1/s1/i1D3,2D3,3D3,4D3,5D2,12D. The molecule has 9 heteroatoms. The van der Waals surface area contributed by atoms with E-state index in [1.807, 2.05) is 0 Å². The van der Waals surface area contributed by atoms with Crippen LogP contribution in [-0.2, 0) is 4.79 Å². The van der Waals surface area contributed by atoms with Crippen molar-refractivity contribution in [2.24, 2.45) is 0 Å². The zero-order chi connectivity index (χ0) is 34.3. The summed E-state index contributed by atoms with van der Waals surface area (Å²) in [7, 11) is 0. The van der Waals surface area contributed by atoms with E-state index in [9.17, 15) is 13.6 Å². The number of benzene rings is 1. The van der Waals surface area contributed by atoms with E-state index in [1.54, 1.807) is 0 Å². The van der Waals surface area contributed by atoms with Crippen LogP contribution in [0.2, 0.25) is 0 Å². The average Bonchev–Trinajstić information content (AvgIpc) is 3.33. The monoisotopic (exact) mass is 427 g/mol. The number of carbonyl (C=O) groups is 1. The summed E-state index contributed by atoms with van der Waals surface area (Å²) in [5, 5.41) is 0. The van der Waals surface area contributed by atoms with E-state index in [4.69, 9.17) is 20.6 Å². The van der Waals surface area contributed by atoms with Gasteiger partial charge in [0.2, 0.25) is 11.9 Å². The van der Waals surface area contributed by atoms with Gasteiger partial charge < -0.3 is 9.80 Å². The van der Waals surface area contributed by atoms with Gasteiger partial charge in [0, 0.05) is 56.2 Å². The second kappa shape index (κ2) is 7.47. The zero-order valence-corrected chi connectivity index (χ0v) is 14.9. The third-order valence-electron chi connectivity index (χ3n) is 4.27. The second-order valence-electron chi connectivity index (χ2n) is 6.10. The number of fused-ring (bicyclic) bond motifs is 1. The van der Waals surface area contributed by atoms with Crippen LogP contribution in [0.4, 0.5) is 20.3 Å². The van der Waals surface area contributed by atoms with Crippen LogP contribution in [0.1, 0.15) is 47.5 Å². The van der Waals surface area contributed by atoms with Gasteiger partial charge in [-0.15, -0.1) is 0 Å². The fourth-order valence-corrected chi connectivity index (χ4v) is 3.00. The summed E-state index contributed by atoms with van der Waals surface area (Å²) in [4.78, 5) is 25.5. The van der Waals surface area contributed by atoms with Crippen LogP contribution in [0, 0.1) is 11.6 Å². The Balaban J connectivity index is 2.15. The summed E-state index contributed by atoms with van der Waals surface area (Å²) in [6.45, 7) is -15.2. The maximum Gasteiger partial charge on any atom is 0.249 e. The predicted molar refractivity (Wildman–Crippen MR) is 110 cm³/mol. The Morgan fingerprint density at radius 2 is 2.07 bits per heavy atom. The molecule has 0 fully saturated rings. The molecular formula is C21H22F2N6O. The number of likely N-dealkylation sites (N-methyl/N-ethyl adjacent to an activating group) is 1. The second-order valence-corrected chi connectivity index (χ2v) is 6.10. The molecule has 0 spiro atoms. The molecule has 2 aromatic heterocycles. The number of hydrogen-bond acceptors (Lipinski definition) is 5. The van der Waals surface area contributed by atoms with Crippen molar-refractivity contribution < 1.29 is 34.1 Å². The topological polar surface area (TPSA) is 67.2 Å². The number of imidazole rings is 1. The Hall–Kier alpha value is -3.36. The third kappa shape index (κ3) is 3.20. The molecule has 7 nitrogen and oxygen atoms in total. The van der Waals surface area contributed by atoms with Gasteiger partial charge in [-0.05, 0) is 32.2 Å². The van der Waals surface area contributed by atoms with Gasteiger partial charge in [0.15, 0.2) is 5.82 Å². The number of anilines is 2. The SMILES string of the molecule is [2H]C([2H])([2H])N1C(=O)[C@@H](C([2H])([2H])C([2H])([2H])[2H])N(C([2H])(C([2H])([2H])[2H])C([2H])([2H])[2H])c2nc(-n3ccnc3-c3cc(F)cc(F)c3)ncc21. The number of rotatable bonds is 4. The lowest BCUT2D eigenvalue weighted by Crippen LogP contribution is -2.55. The number of aromatic nitrogens is 4. The number of halogens is 2. The minimum Gasteiger partial charge on any atom is -0.340 e. The molecule has 0 N–H and O–H groups in total. The molecule has 0 radical (unpaired) electrons. The first-order valence-corrected chi connectivity index (χ1v) is 8.26. The molecular weight excluding hydrogens is 390 g/mol. The van der Waals surface area contributed by atoms with Gasteiger partial charge in [0.05, 0.1) is 7.57 Å². The lowest BCUT2D eigenvalue weighted by molar-refractivity contribution is -0.120. The average molecular weight is 428 g/mol. The summed E-state index contributed by atoms with van der Waals surface area (Å²) in [5.41, 5.74) is -1.09. The van der Waals surface area contributed by atoms with Crippen molar-refractivity contribution in [3.05, 3.63) is 48.4 Å². The quantitative estimate of drug-likeness (QED) is 0.637. The van der Waals surface area contributed by atoms with Crippen LogP contribution >= 0.6 is 0 Å². The molecule has 3 heterocycles. The van der Waals surface area contributed by atoms with E-state index in [1.165, 1.54) is 0 Å². The molecule has 0 aliphatic carbocycles. The number of carbonyl (C=O) groups excluding carboxylic acids is 1. The molecule has 4 rings (SSSR count). The Kier molecular flexibility index (Phi) is 2.19. The van der Waals surface area contributed by atoms with Crippen molar-refractivity contribution in [2.75, 3.05) is 16.8 Å². The summed E-state index contributed by atoms with van der Waals surface area (Å²) in [5.74, 6) is -5.90. The van der Waals surface area contributed by atoms with Crippen molar-refractivity contribution in [1.82, 2.24) is 19.5 Å². The van der Waals surface area contributed by atoms with Crippen LogP contribution in [0.25, 0.3) is 17.3 Å². The summed E-state index contributed by atoms with van der Waals surface area (Å²) in [6.07, 6.45) is -1.00. The van der Waals surface area contributed by atoms with Crippen molar-refractivity contribution in [1.29, 1.82) is 0 Å². The maximum atomic E-state index is 14.0. The van der Waals surface area contributed by atoms with Gasteiger partial charge >= 0.3 is 0 Å². The highest BCUT2D eigenvalue weighted by Crippen LogP contribution is 2.36. The van der Waals surface area contributed by atoms with Crippen LogP contribution < -0.4 is 9.80 Å². The molecule has 0 saturated heterocycles. The number of hydrogen-bond donors (Lipinski definition) is 0. The molecule has 1 atom stereocenters. The zero-order valence-electron chi connectivity index (χ0n) is 29.9. The molecule has 30 heavy (non-hydrogen) atoms. The van der Waals surface area contributed by atoms with E-state index < -0.39 is 81.0 Å². The molecule has 1 aliphatic heterocycles. The van der Waals surface area contributed by atoms with Crippen LogP contribution in [0.3, 0.4) is 0 Å². The molecule has 0 unspecified atom stereocenters. The first kappa shape index (κ1) is 8.79. The molecule has 3 aromatic rings. The van der Waals surface area contributed by atoms with Gasteiger partial charge in [-0.25, -0.2) is 18.7 Å². The molecule has 1 amide bonds. The Bertz CT molecular complexity index is 1600. The lowest BCUT2D eigenvalue weighted by atomic mass is 10.1. The van der Waals surface area contributed by atoms with Crippen LogP contribution in [-0.4, -0.2) is 44.5 Å². The first-order chi connectivity index (χ1) is 20.2. The van der Waals surface area contributed by atoms with Gasteiger partial charge in [0.1, 0.15) is 29.2 Å². The highest BCUT2D eigenvalue weighted by molar-refractivity contribution is 6.04. The Morgan fingerprint density at radius 1 is 1.27 bits per heavy atom. The Labute approximate surface area is 194 Å². The van der Waals surface area contributed by atoms with Gasteiger partial charge in [0.25, 0.3) is 0 Å². The van der Waals surface area contributed by atoms with Crippen LogP contribution in [0.5, 0.6) is 0 Å². The van der Waals surface area contributed by atoms with Crippen molar-refractivity contribution in [3.63, 3.8) is 0 Å². The lowest BCUT2D eigenvalue weighted by Gasteiger charge is -2.42. The third-order valence-corrected chi connectivity index (χ3v) is 4.27. The van der Waals surface area contributed by atoms with Gasteiger partial charge in [-0.3, -0.25) is 9.36 Å². The largest absolute Gasteiger partial charge is 0.340 e. The molecule has 0 saturated carbocycles. The number of nitrogens with zero attached hydrogens (tertiary/aromatic N) is 6. The molecule has 1 aromatic carbocycles. The fraction of sp³-hybridized carbons (Fsp3) is 0.333. The smallest absolute Gasteiger partial charge is 0.249 e. The van der Waals surface area contributed by atoms with Crippen molar-refractivity contribution in [3.8, 4) is 17.3 Å². The van der Waals surface area contributed by atoms with Crippen LogP contribution in [0.15, 0.2) is 36.8 Å². The van der Waals surface area contributed by atoms with Gasteiger partial charge in [-0.1, -0.05) is 6.85 Å². The predicted octanol–water partition coefficient (Wildman–Crippen LogP) is 3.58. The maximum absolute atomic E-state index is 14.0. The first-order valence-electron chi connectivity index (χ1n) is 15.8. The van der Waals surface area contributed by atoms with E-state index in [-0.39, 0.29) is 21.2 Å². The van der Waals surface area contributed by atoms with Gasteiger partial charge in [-0.2, -0.15) is 4.98 Å². The summed E-state index contributed by atoms with van der Waals surface area (Å²) in [6, 6.07) is -4.79. The van der Waals surface area contributed by atoms with E-state index >= 15 is 0 Å². The number of amides is 1. The minimum atomic E-state index is -4.02. The van der Waals surface area contributed by atoms with Crippen molar-refractivity contribution in [2.45, 2.75) is 39.0 Å². The summed E-state index contributed by atoms with van der Waals surface area (Å²) < 4.78 is 150.